The molecule has 0 radical (unpaired) electrons. The van der Waals surface area contributed by atoms with Crippen LogP contribution in [0.5, 0.6) is 0 Å². The van der Waals surface area contributed by atoms with Gasteiger partial charge in [0.15, 0.2) is 0 Å². The Balaban J connectivity index is 0.00000272. The van der Waals surface area contributed by atoms with Crippen molar-refractivity contribution in [1.82, 2.24) is 5.32 Å². The van der Waals surface area contributed by atoms with Gasteiger partial charge in [-0.15, -0.1) is 24.2 Å². The van der Waals surface area contributed by atoms with Crippen molar-refractivity contribution in [2.24, 2.45) is 0 Å². The normalized spacial score (nSPS) is 19.2. The predicted molar refractivity (Wildman–Crippen MR) is 128 cm³/mol. The molecule has 1 aliphatic rings. The predicted octanol–water partition coefficient (Wildman–Crippen LogP) is 6.56. The van der Waals surface area contributed by atoms with Gasteiger partial charge in [-0.1, -0.05) is 42.5 Å². The Morgan fingerprint density at radius 3 is 2.52 bits per heavy atom. The third-order valence-electron chi connectivity index (χ3n) is 6.00. The molecule has 3 nitrogen and oxygen atoms in total. The smallest absolute Gasteiger partial charge is 0.313 e. The molecule has 3 atom stereocenters. The minimum Gasteiger partial charge on any atom is -0.481 e. The molecule has 0 bridgehead atoms. The monoisotopic (exact) mass is 459 g/mol. The third-order valence-corrected chi connectivity index (χ3v) is 7.00. The molecule has 1 saturated carbocycles. The number of nitrogens with one attached hydrogen (secondary N) is 1. The number of aliphatic carboxylic acids is 1. The summed E-state index contributed by atoms with van der Waals surface area (Å²) in [6.45, 7) is 2.15. The van der Waals surface area contributed by atoms with Gasteiger partial charge < -0.3 is 10.4 Å². The van der Waals surface area contributed by atoms with E-state index in [9.17, 15) is 9.18 Å². The first kappa shape index (κ1) is 23.6. The van der Waals surface area contributed by atoms with Crippen LogP contribution in [0.15, 0.2) is 65.6 Å². The van der Waals surface area contributed by atoms with Crippen LogP contribution in [0.3, 0.4) is 0 Å². The fourth-order valence-electron chi connectivity index (χ4n) is 4.52. The van der Waals surface area contributed by atoms with E-state index in [2.05, 4.69) is 24.4 Å². The maximum Gasteiger partial charge on any atom is 0.313 e. The Kier molecular flexibility index (Phi) is 7.98. The minimum atomic E-state index is -0.795. The number of fused-ring (bicyclic) bond motifs is 1. The zero-order valence-corrected chi connectivity index (χ0v) is 19.0. The van der Waals surface area contributed by atoms with Gasteiger partial charge in [-0.3, -0.25) is 4.79 Å². The van der Waals surface area contributed by atoms with E-state index in [1.54, 1.807) is 6.07 Å². The van der Waals surface area contributed by atoms with Crippen LogP contribution in [0.25, 0.3) is 10.8 Å². The second-order valence-electron chi connectivity index (χ2n) is 8.03. The highest BCUT2D eigenvalue weighted by atomic mass is 35.5. The van der Waals surface area contributed by atoms with Crippen LogP contribution in [0, 0.1) is 5.82 Å². The number of carbonyl (C=O) groups is 1. The average molecular weight is 460 g/mol. The Bertz CT molecular complexity index is 1040. The summed E-state index contributed by atoms with van der Waals surface area (Å²) in [5, 5.41) is 14.2. The lowest BCUT2D eigenvalue weighted by atomic mass is 9.96. The molecule has 3 aromatic carbocycles. The van der Waals surface area contributed by atoms with Crippen LogP contribution in [0.2, 0.25) is 0 Å². The number of rotatable bonds is 7. The van der Waals surface area contributed by atoms with E-state index in [0.717, 1.165) is 35.1 Å². The van der Waals surface area contributed by atoms with Gasteiger partial charge >= 0.3 is 5.97 Å². The van der Waals surface area contributed by atoms with E-state index in [-0.39, 0.29) is 30.0 Å². The number of carboxylic acid groups (broad SMARTS) is 1. The summed E-state index contributed by atoms with van der Waals surface area (Å²) in [5.41, 5.74) is 2.45. The summed E-state index contributed by atoms with van der Waals surface area (Å²) >= 11 is 1.35. The Morgan fingerprint density at radius 2 is 1.81 bits per heavy atom. The first-order chi connectivity index (χ1) is 14.5. The van der Waals surface area contributed by atoms with Gasteiger partial charge in [-0.2, -0.15) is 0 Å². The lowest BCUT2D eigenvalue weighted by Gasteiger charge is -2.22. The number of hydrogen-bond acceptors (Lipinski definition) is 3. The maximum atomic E-state index is 14.1. The molecule has 6 heteroatoms. The van der Waals surface area contributed by atoms with Gasteiger partial charge in [0.05, 0.1) is 5.75 Å². The lowest BCUT2D eigenvalue weighted by Crippen LogP contribution is -2.29. The summed E-state index contributed by atoms with van der Waals surface area (Å²) in [5.74, 6) is -0.368. The Morgan fingerprint density at radius 1 is 1.10 bits per heavy atom. The Labute approximate surface area is 192 Å². The van der Waals surface area contributed by atoms with Crippen LogP contribution in [-0.4, -0.2) is 22.9 Å². The molecule has 0 amide bonds. The second-order valence-corrected chi connectivity index (χ2v) is 9.08. The summed E-state index contributed by atoms with van der Waals surface area (Å²) in [4.78, 5) is 11.7. The molecule has 31 heavy (non-hydrogen) atoms. The van der Waals surface area contributed by atoms with Crippen molar-refractivity contribution in [2.45, 2.75) is 49.1 Å². The SMILES string of the molecule is C[C@@H](N[C@H]1CC[C@@H](c2ccc(SCC(=O)O)cc2)C1)c1ccc(F)c2ccccc12.Cl. The first-order valence-corrected chi connectivity index (χ1v) is 11.4. The number of hydrogen-bond donors (Lipinski definition) is 2. The molecule has 0 aromatic heterocycles. The van der Waals surface area contributed by atoms with E-state index >= 15 is 0 Å². The van der Waals surface area contributed by atoms with Crippen LogP contribution in [-0.2, 0) is 4.79 Å². The molecule has 0 spiro atoms. The summed E-state index contributed by atoms with van der Waals surface area (Å²) in [6.07, 6.45) is 3.32. The highest BCUT2D eigenvalue weighted by molar-refractivity contribution is 8.00. The number of carboxylic acids is 1. The molecule has 0 saturated heterocycles. The van der Waals surface area contributed by atoms with Gasteiger partial charge in [0, 0.05) is 22.4 Å². The quantitative estimate of drug-likeness (QED) is 0.392. The molecule has 4 rings (SSSR count). The highest BCUT2D eigenvalue weighted by Gasteiger charge is 2.27. The first-order valence-electron chi connectivity index (χ1n) is 10.4. The van der Waals surface area contributed by atoms with Gasteiger partial charge in [0.25, 0.3) is 0 Å². The zero-order chi connectivity index (χ0) is 21.1. The number of benzene rings is 3. The van der Waals surface area contributed by atoms with Gasteiger partial charge in [0.2, 0.25) is 0 Å². The summed E-state index contributed by atoms with van der Waals surface area (Å²) in [6, 6.07) is 20.0. The van der Waals surface area contributed by atoms with Crippen molar-refractivity contribution in [3.63, 3.8) is 0 Å². The number of thioether (sulfide) groups is 1. The molecular weight excluding hydrogens is 433 g/mol. The standard InChI is InChI=1S/C25H26FNO2S.ClH/c1-16(21-12-13-24(26)23-5-3-2-4-22(21)23)27-19-9-6-18(14-19)17-7-10-20(11-8-17)30-15-25(28)29;/h2-5,7-8,10-13,16,18-19,27H,6,9,14-15H2,1H3,(H,28,29);1H/t16-,18-,19+;/m1./s1. The molecule has 0 heterocycles. The minimum absolute atomic E-state index is 0. The van der Waals surface area contributed by atoms with Crippen LogP contribution < -0.4 is 5.32 Å². The van der Waals surface area contributed by atoms with Crippen molar-refractivity contribution in [3.05, 3.63) is 77.6 Å². The van der Waals surface area contributed by atoms with Crippen molar-refractivity contribution < 1.29 is 14.3 Å². The van der Waals surface area contributed by atoms with E-state index in [4.69, 9.17) is 5.11 Å². The molecular formula is C25H27ClFNO2S. The van der Waals surface area contributed by atoms with E-state index in [0.29, 0.717) is 17.3 Å². The van der Waals surface area contributed by atoms with Crippen molar-refractivity contribution in [2.75, 3.05) is 5.75 Å². The highest BCUT2D eigenvalue weighted by Crippen LogP contribution is 2.37. The van der Waals surface area contributed by atoms with Crippen LogP contribution in [0.4, 0.5) is 4.39 Å². The fourth-order valence-corrected chi connectivity index (χ4v) is 5.14. The zero-order valence-electron chi connectivity index (χ0n) is 17.4. The topological polar surface area (TPSA) is 49.3 Å². The van der Waals surface area contributed by atoms with E-state index < -0.39 is 5.97 Å². The average Bonchev–Trinajstić information content (AvgIpc) is 3.21. The molecule has 1 fully saturated rings. The largest absolute Gasteiger partial charge is 0.481 e. The molecule has 0 unspecified atom stereocenters. The fraction of sp³-hybridized carbons (Fsp3) is 0.320. The van der Waals surface area contributed by atoms with Gasteiger partial charge in [-0.25, -0.2) is 4.39 Å². The second kappa shape index (κ2) is 10.5. The molecule has 0 aliphatic heterocycles. The van der Waals surface area contributed by atoms with Crippen molar-refractivity contribution in [3.8, 4) is 0 Å². The molecule has 2 N–H and O–H groups in total. The molecule has 1 aliphatic carbocycles. The van der Waals surface area contributed by atoms with Crippen molar-refractivity contribution in [1.29, 1.82) is 0 Å². The van der Waals surface area contributed by atoms with E-state index in [1.165, 1.54) is 17.3 Å². The maximum absolute atomic E-state index is 14.1. The van der Waals surface area contributed by atoms with E-state index in [1.807, 2.05) is 42.5 Å². The van der Waals surface area contributed by atoms with Crippen molar-refractivity contribution >= 4 is 40.9 Å². The van der Waals surface area contributed by atoms with Gasteiger partial charge in [0.1, 0.15) is 5.82 Å². The summed E-state index contributed by atoms with van der Waals surface area (Å²) in [7, 11) is 0. The van der Waals surface area contributed by atoms with Crippen LogP contribution in [0.1, 0.15) is 49.3 Å². The lowest BCUT2D eigenvalue weighted by molar-refractivity contribution is -0.133. The molecule has 3 aromatic rings. The third kappa shape index (κ3) is 5.59. The number of halogens is 2. The van der Waals surface area contributed by atoms with Crippen LogP contribution >= 0.6 is 24.2 Å². The Hall–Kier alpha value is -2.08. The van der Waals surface area contributed by atoms with Gasteiger partial charge in [-0.05, 0) is 66.8 Å². The summed E-state index contributed by atoms with van der Waals surface area (Å²) < 4.78 is 14.1. The molecule has 164 valence electrons.